The molecule has 0 spiro atoms. The minimum atomic E-state index is -0.481. The maximum atomic E-state index is 12.8. The second kappa shape index (κ2) is 6.84. The zero-order valence-corrected chi connectivity index (χ0v) is 16.4. The van der Waals surface area contributed by atoms with E-state index in [1.807, 2.05) is 30.3 Å². The van der Waals surface area contributed by atoms with Crippen molar-refractivity contribution in [3.05, 3.63) is 98.2 Å². The van der Waals surface area contributed by atoms with Crippen molar-refractivity contribution in [2.24, 2.45) is 0 Å². The molecule has 5 rings (SSSR count). The normalized spacial score (nSPS) is 11.9. The molecule has 0 bridgehead atoms. The van der Waals surface area contributed by atoms with E-state index in [0.717, 1.165) is 11.0 Å². The molecular weight excluding hydrogens is 378 g/mol. The van der Waals surface area contributed by atoms with Crippen molar-refractivity contribution < 1.29 is 4.79 Å². The third-order valence-electron chi connectivity index (χ3n) is 5.61. The summed E-state index contributed by atoms with van der Waals surface area (Å²) in [5, 5.41) is 3.29. The fourth-order valence-corrected chi connectivity index (χ4v) is 4.11. The van der Waals surface area contributed by atoms with Crippen LogP contribution in [-0.4, -0.2) is 15.5 Å². The van der Waals surface area contributed by atoms with Crippen LogP contribution >= 0.6 is 0 Å². The first-order valence-electron chi connectivity index (χ1n) is 9.84. The van der Waals surface area contributed by atoms with Crippen molar-refractivity contribution in [2.75, 3.05) is 5.32 Å². The predicted octanol–water partition coefficient (Wildman–Crippen LogP) is 3.53. The van der Waals surface area contributed by atoms with Crippen molar-refractivity contribution in [3.63, 3.8) is 0 Å². The monoisotopic (exact) mass is 397 g/mol. The van der Waals surface area contributed by atoms with E-state index in [0.29, 0.717) is 22.2 Å². The molecule has 3 aromatic carbocycles. The number of amides is 1. The summed E-state index contributed by atoms with van der Waals surface area (Å²) in [6.45, 7) is 2.02. The molecule has 148 valence electrons. The van der Waals surface area contributed by atoms with Gasteiger partial charge >= 0.3 is 5.69 Å². The highest BCUT2D eigenvalue weighted by molar-refractivity contribution is 6.06. The van der Waals surface area contributed by atoms with Gasteiger partial charge in [0, 0.05) is 17.8 Å². The number of aromatic amines is 1. The molecule has 1 aliphatic rings. The van der Waals surface area contributed by atoms with Gasteiger partial charge in [-0.25, -0.2) is 4.79 Å². The second-order valence-corrected chi connectivity index (χ2v) is 7.40. The molecular formula is C24H19N3O3. The summed E-state index contributed by atoms with van der Waals surface area (Å²) in [7, 11) is 0. The van der Waals surface area contributed by atoms with Gasteiger partial charge < -0.3 is 10.3 Å². The lowest BCUT2D eigenvalue weighted by Gasteiger charge is -2.09. The summed E-state index contributed by atoms with van der Waals surface area (Å²) < 4.78 is 1.13. The minimum absolute atomic E-state index is 0.286. The number of carbonyl (C=O) groups is 1. The van der Waals surface area contributed by atoms with E-state index in [-0.39, 0.29) is 18.0 Å². The van der Waals surface area contributed by atoms with Gasteiger partial charge in [-0.3, -0.25) is 14.2 Å². The van der Waals surface area contributed by atoms with Crippen LogP contribution in [0, 0.1) is 0 Å². The standard InChI is InChI=1S/C24H19N3O3/c1-2-27-23(29)20-9-7-15(13-21(20)26-24(27)30)22(28)25-17-8-10-19-16(12-17)11-14-5-3-4-6-18(14)19/h3-10,12-13H,2,11H2,1H3,(H,25,28)(H,26,30). The van der Waals surface area contributed by atoms with Crippen LogP contribution in [0.4, 0.5) is 5.69 Å². The highest BCUT2D eigenvalue weighted by Crippen LogP contribution is 2.37. The average Bonchev–Trinajstić information content (AvgIpc) is 3.11. The van der Waals surface area contributed by atoms with Crippen LogP contribution in [0.1, 0.15) is 28.4 Å². The van der Waals surface area contributed by atoms with E-state index in [1.54, 1.807) is 19.1 Å². The van der Waals surface area contributed by atoms with Crippen molar-refractivity contribution >= 4 is 22.5 Å². The molecule has 6 nitrogen and oxygen atoms in total. The van der Waals surface area contributed by atoms with Crippen LogP contribution in [0.25, 0.3) is 22.0 Å². The maximum Gasteiger partial charge on any atom is 0.328 e. The molecule has 1 aliphatic carbocycles. The van der Waals surface area contributed by atoms with E-state index >= 15 is 0 Å². The minimum Gasteiger partial charge on any atom is -0.322 e. The second-order valence-electron chi connectivity index (χ2n) is 7.40. The number of nitrogens with zero attached hydrogens (tertiary/aromatic N) is 1. The Morgan fingerprint density at radius 3 is 2.63 bits per heavy atom. The zero-order chi connectivity index (χ0) is 20.8. The Labute approximate surface area is 171 Å². The number of hydrogen-bond donors (Lipinski definition) is 2. The van der Waals surface area contributed by atoms with E-state index < -0.39 is 5.69 Å². The highest BCUT2D eigenvalue weighted by Gasteiger charge is 2.18. The van der Waals surface area contributed by atoms with Crippen molar-refractivity contribution in [1.82, 2.24) is 9.55 Å². The van der Waals surface area contributed by atoms with Crippen LogP contribution in [0.2, 0.25) is 0 Å². The number of benzene rings is 3. The average molecular weight is 397 g/mol. The van der Waals surface area contributed by atoms with Gasteiger partial charge in [-0.05, 0) is 65.9 Å². The molecule has 0 aliphatic heterocycles. The molecule has 1 amide bonds. The first-order valence-corrected chi connectivity index (χ1v) is 9.84. The molecule has 6 heteroatoms. The third-order valence-corrected chi connectivity index (χ3v) is 5.61. The lowest BCUT2D eigenvalue weighted by Crippen LogP contribution is -2.34. The molecule has 1 aromatic heterocycles. The Balaban J connectivity index is 1.45. The number of fused-ring (bicyclic) bond motifs is 4. The number of carbonyl (C=O) groups excluding carboxylic acids is 1. The number of aromatic nitrogens is 2. The number of hydrogen-bond acceptors (Lipinski definition) is 3. The third kappa shape index (κ3) is 2.85. The molecule has 30 heavy (non-hydrogen) atoms. The van der Waals surface area contributed by atoms with Crippen molar-refractivity contribution in [2.45, 2.75) is 19.9 Å². The van der Waals surface area contributed by atoms with Gasteiger partial charge in [-0.15, -0.1) is 0 Å². The molecule has 0 radical (unpaired) electrons. The smallest absolute Gasteiger partial charge is 0.322 e. The summed E-state index contributed by atoms with van der Waals surface area (Å²) in [6, 6.07) is 18.9. The number of anilines is 1. The van der Waals surface area contributed by atoms with Gasteiger partial charge in [0.2, 0.25) is 0 Å². The molecule has 0 atom stereocenters. The number of H-pyrrole nitrogens is 1. The lowest BCUT2D eigenvalue weighted by atomic mass is 10.1. The quantitative estimate of drug-likeness (QED) is 0.488. The topological polar surface area (TPSA) is 84.0 Å². The lowest BCUT2D eigenvalue weighted by molar-refractivity contribution is 0.102. The molecule has 0 unspecified atom stereocenters. The summed E-state index contributed by atoms with van der Waals surface area (Å²) in [6.07, 6.45) is 0.843. The Kier molecular flexibility index (Phi) is 4.13. The van der Waals surface area contributed by atoms with Crippen LogP contribution < -0.4 is 16.6 Å². The fraction of sp³-hybridized carbons (Fsp3) is 0.125. The van der Waals surface area contributed by atoms with Gasteiger partial charge in [0.1, 0.15) is 0 Å². The molecule has 1 heterocycles. The SMILES string of the molecule is CCn1c(=O)[nH]c2cc(C(=O)Nc3ccc4c(c3)Cc3ccccc3-4)ccc2c1=O. The zero-order valence-electron chi connectivity index (χ0n) is 16.4. The van der Waals surface area contributed by atoms with Gasteiger partial charge in [-0.2, -0.15) is 0 Å². The van der Waals surface area contributed by atoms with Gasteiger partial charge in [0.15, 0.2) is 0 Å². The Morgan fingerprint density at radius 2 is 1.80 bits per heavy atom. The first-order chi connectivity index (χ1) is 14.5. The van der Waals surface area contributed by atoms with Gasteiger partial charge in [0.25, 0.3) is 11.5 Å². The van der Waals surface area contributed by atoms with Crippen LogP contribution in [0.5, 0.6) is 0 Å². The summed E-state index contributed by atoms with van der Waals surface area (Å²) >= 11 is 0. The van der Waals surface area contributed by atoms with Crippen LogP contribution in [-0.2, 0) is 13.0 Å². The van der Waals surface area contributed by atoms with Crippen LogP contribution in [0.15, 0.2) is 70.3 Å². The van der Waals surface area contributed by atoms with Crippen LogP contribution in [0.3, 0.4) is 0 Å². The van der Waals surface area contributed by atoms with Gasteiger partial charge in [-0.1, -0.05) is 30.3 Å². The van der Waals surface area contributed by atoms with Gasteiger partial charge in [0.05, 0.1) is 10.9 Å². The fourth-order valence-electron chi connectivity index (χ4n) is 4.11. The van der Waals surface area contributed by atoms with E-state index in [9.17, 15) is 14.4 Å². The van der Waals surface area contributed by atoms with Crippen molar-refractivity contribution in [3.8, 4) is 11.1 Å². The summed E-state index contributed by atoms with van der Waals surface area (Å²) in [4.78, 5) is 39.9. The predicted molar refractivity (Wildman–Crippen MR) is 117 cm³/mol. The number of rotatable bonds is 3. The maximum absolute atomic E-state index is 12.8. The Bertz CT molecular complexity index is 1450. The molecule has 0 saturated heterocycles. The first kappa shape index (κ1) is 18.1. The highest BCUT2D eigenvalue weighted by atomic mass is 16.2. The molecule has 2 N–H and O–H groups in total. The largest absolute Gasteiger partial charge is 0.328 e. The Hall–Kier alpha value is -3.93. The Morgan fingerprint density at radius 1 is 1.00 bits per heavy atom. The molecule has 0 fully saturated rings. The molecule has 0 saturated carbocycles. The van der Waals surface area contributed by atoms with Crippen molar-refractivity contribution in [1.29, 1.82) is 0 Å². The number of nitrogens with one attached hydrogen (secondary N) is 2. The summed E-state index contributed by atoms with van der Waals surface area (Å²) in [5.74, 6) is -0.298. The van der Waals surface area contributed by atoms with E-state index in [1.165, 1.54) is 28.3 Å². The molecule has 4 aromatic rings. The van der Waals surface area contributed by atoms with E-state index in [4.69, 9.17) is 0 Å². The summed E-state index contributed by atoms with van der Waals surface area (Å²) in [5.41, 5.74) is 5.49. The van der Waals surface area contributed by atoms with E-state index in [2.05, 4.69) is 22.4 Å².